The van der Waals surface area contributed by atoms with Crippen molar-refractivity contribution in [2.75, 3.05) is 32.8 Å². The smallest absolute Gasteiger partial charge is 0.233 e. The van der Waals surface area contributed by atoms with E-state index < -0.39 is 6.10 Å². The fourth-order valence-electron chi connectivity index (χ4n) is 1.64. The molecular weight excluding hydrogens is 256 g/mol. The second kappa shape index (κ2) is 13.3. The molecule has 0 fully saturated rings. The van der Waals surface area contributed by atoms with Crippen LogP contribution in [0.2, 0.25) is 0 Å². The molecule has 1 unspecified atom stereocenters. The first-order valence-corrected chi connectivity index (χ1v) is 7.79. The lowest BCUT2D eigenvalue weighted by atomic mass is 10.2. The van der Waals surface area contributed by atoms with Crippen LogP contribution in [0.5, 0.6) is 0 Å². The zero-order valence-corrected chi connectivity index (χ0v) is 13.3. The first kappa shape index (κ1) is 19.4. The average Bonchev–Trinajstić information content (AvgIpc) is 2.40. The van der Waals surface area contributed by atoms with E-state index in [1.807, 2.05) is 0 Å². The molecule has 20 heavy (non-hydrogen) atoms. The number of ether oxygens (including phenoxy) is 1. The van der Waals surface area contributed by atoms with E-state index in [-0.39, 0.29) is 12.5 Å². The monoisotopic (exact) mass is 288 g/mol. The van der Waals surface area contributed by atoms with Gasteiger partial charge in [0.25, 0.3) is 0 Å². The Morgan fingerprint density at radius 3 is 2.60 bits per heavy atom. The molecule has 0 aliphatic heterocycles. The highest BCUT2D eigenvalue weighted by molar-refractivity contribution is 5.77. The molecule has 0 saturated heterocycles. The number of nitrogens with one attached hydrogen (secondary N) is 2. The van der Waals surface area contributed by atoms with Crippen molar-refractivity contribution in [3.8, 4) is 0 Å². The van der Waals surface area contributed by atoms with Crippen molar-refractivity contribution in [2.24, 2.45) is 5.92 Å². The topological polar surface area (TPSA) is 70.6 Å². The molecule has 0 radical (unpaired) electrons. The number of carbonyl (C=O) groups excluding carboxylic acids is 1. The Bertz CT molecular complexity index is 235. The predicted molar refractivity (Wildman–Crippen MR) is 81.7 cm³/mol. The normalized spacial score (nSPS) is 12.7. The second-order valence-corrected chi connectivity index (χ2v) is 5.62. The molecule has 0 aliphatic carbocycles. The third-order valence-corrected chi connectivity index (χ3v) is 2.83. The molecule has 1 amide bonds. The summed E-state index contributed by atoms with van der Waals surface area (Å²) in [6.07, 6.45) is 4.12. The van der Waals surface area contributed by atoms with Crippen molar-refractivity contribution in [1.29, 1.82) is 0 Å². The van der Waals surface area contributed by atoms with Gasteiger partial charge in [-0.2, -0.15) is 0 Å². The molecule has 0 aliphatic rings. The first-order valence-electron chi connectivity index (χ1n) is 7.79. The van der Waals surface area contributed by atoms with Gasteiger partial charge in [-0.1, -0.05) is 40.0 Å². The van der Waals surface area contributed by atoms with Crippen molar-refractivity contribution in [2.45, 2.75) is 52.6 Å². The van der Waals surface area contributed by atoms with E-state index in [1.54, 1.807) is 0 Å². The van der Waals surface area contributed by atoms with Gasteiger partial charge in [0, 0.05) is 19.7 Å². The van der Waals surface area contributed by atoms with Crippen LogP contribution in [0.4, 0.5) is 0 Å². The summed E-state index contributed by atoms with van der Waals surface area (Å²) < 4.78 is 5.39. The van der Waals surface area contributed by atoms with Crippen LogP contribution in [0.15, 0.2) is 0 Å². The zero-order valence-electron chi connectivity index (χ0n) is 13.3. The third-order valence-electron chi connectivity index (χ3n) is 2.83. The van der Waals surface area contributed by atoms with Crippen molar-refractivity contribution in [1.82, 2.24) is 10.6 Å². The number of aliphatic hydroxyl groups is 1. The van der Waals surface area contributed by atoms with Crippen molar-refractivity contribution >= 4 is 5.91 Å². The van der Waals surface area contributed by atoms with Crippen LogP contribution in [0, 0.1) is 5.92 Å². The standard InChI is InChI=1S/C15H32N2O3/c1-4-5-6-7-8-20-12-14(18)10-16-11-15(19)17-9-13(2)3/h13-14,16,18H,4-12H2,1-3H3,(H,17,19). The Morgan fingerprint density at radius 2 is 1.95 bits per heavy atom. The van der Waals surface area contributed by atoms with Gasteiger partial charge in [0.15, 0.2) is 0 Å². The van der Waals surface area contributed by atoms with Crippen molar-refractivity contribution < 1.29 is 14.6 Å². The Hall–Kier alpha value is -0.650. The quantitative estimate of drug-likeness (QED) is 0.447. The Morgan fingerprint density at radius 1 is 1.20 bits per heavy atom. The second-order valence-electron chi connectivity index (χ2n) is 5.62. The largest absolute Gasteiger partial charge is 0.389 e. The number of hydrogen-bond donors (Lipinski definition) is 3. The maximum absolute atomic E-state index is 11.4. The molecule has 0 aromatic carbocycles. The van der Waals surface area contributed by atoms with Gasteiger partial charge >= 0.3 is 0 Å². The molecular formula is C15H32N2O3. The van der Waals surface area contributed by atoms with E-state index in [0.717, 1.165) is 6.42 Å². The summed E-state index contributed by atoms with van der Waals surface area (Å²) in [7, 11) is 0. The number of carbonyl (C=O) groups is 1. The van der Waals surface area contributed by atoms with E-state index in [9.17, 15) is 9.90 Å². The highest BCUT2D eigenvalue weighted by Crippen LogP contribution is 1.99. The van der Waals surface area contributed by atoms with E-state index in [1.165, 1.54) is 19.3 Å². The van der Waals surface area contributed by atoms with E-state index >= 15 is 0 Å². The molecule has 0 heterocycles. The summed E-state index contributed by atoms with van der Waals surface area (Å²) in [5.41, 5.74) is 0. The van der Waals surface area contributed by atoms with E-state index in [4.69, 9.17) is 4.74 Å². The molecule has 0 rings (SSSR count). The van der Waals surface area contributed by atoms with Crippen LogP contribution in [0.3, 0.4) is 0 Å². The van der Waals surface area contributed by atoms with Gasteiger partial charge in [0.2, 0.25) is 5.91 Å². The third kappa shape index (κ3) is 13.8. The molecule has 120 valence electrons. The maximum atomic E-state index is 11.4. The van der Waals surface area contributed by atoms with E-state index in [0.29, 0.717) is 32.2 Å². The number of aliphatic hydroxyl groups excluding tert-OH is 1. The lowest BCUT2D eigenvalue weighted by Gasteiger charge is -2.13. The molecule has 0 spiro atoms. The Labute approximate surface area is 123 Å². The van der Waals surface area contributed by atoms with Crippen LogP contribution < -0.4 is 10.6 Å². The molecule has 0 saturated carbocycles. The van der Waals surface area contributed by atoms with Crippen LogP contribution in [0.25, 0.3) is 0 Å². The Balaban J connectivity index is 3.35. The summed E-state index contributed by atoms with van der Waals surface area (Å²) in [5.74, 6) is 0.414. The molecule has 0 aromatic heterocycles. The number of rotatable bonds is 13. The predicted octanol–water partition coefficient (Wildman–Crippen LogP) is 1.31. The Kier molecular flexibility index (Phi) is 12.9. The maximum Gasteiger partial charge on any atom is 0.233 e. The lowest BCUT2D eigenvalue weighted by Crippen LogP contribution is -2.39. The zero-order chi connectivity index (χ0) is 15.2. The van der Waals surface area contributed by atoms with Gasteiger partial charge in [-0.05, 0) is 12.3 Å². The molecule has 3 N–H and O–H groups in total. The molecule has 0 bridgehead atoms. The van der Waals surface area contributed by atoms with Gasteiger partial charge in [0.1, 0.15) is 0 Å². The molecule has 5 heteroatoms. The minimum absolute atomic E-state index is 0.0358. The van der Waals surface area contributed by atoms with Gasteiger partial charge in [-0.25, -0.2) is 0 Å². The average molecular weight is 288 g/mol. The fraction of sp³-hybridized carbons (Fsp3) is 0.933. The minimum Gasteiger partial charge on any atom is -0.389 e. The first-order chi connectivity index (χ1) is 9.56. The number of amides is 1. The summed E-state index contributed by atoms with van der Waals surface area (Å²) in [6, 6.07) is 0. The van der Waals surface area contributed by atoms with E-state index in [2.05, 4.69) is 31.4 Å². The van der Waals surface area contributed by atoms with Crippen LogP contribution >= 0.6 is 0 Å². The highest BCUT2D eigenvalue weighted by atomic mass is 16.5. The van der Waals surface area contributed by atoms with Gasteiger partial charge in [-0.3, -0.25) is 4.79 Å². The lowest BCUT2D eigenvalue weighted by molar-refractivity contribution is -0.120. The van der Waals surface area contributed by atoms with Crippen LogP contribution in [-0.2, 0) is 9.53 Å². The van der Waals surface area contributed by atoms with Gasteiger partial charge < -0.3 is 20.5 Å². The number of unbranched alkanes of at least 4 members (excludes halogenated alkanes) is 3. The SMILES string of the molecule is CCCCCCOCC(O)CNCC(=O)NCC(C)C. The number of hydrogen-bond acceptors (Lipinski definition) is 4. The molecule has 1 atom stereocenters. The van der Waals surface area contributed by atoms with Crippen LogP contribution in [-0.4, -0.2) is 50.0 Å². The summed E-state index contributed by atoms with van der Waals surface area (Å²) >= 11 is 0. The fourth-order valence-corrected chi connectivity index (χ4v) is 1.64. The summed E-state index contributed by atoms with van der Waals surface area (Å²) in [5, 5.41) is 15.4. The summed E-state index contributed by atoms with van der Waals surface area (Å²) in [6.45, 7) is 8.60. The van der Waals surface area contributed by atoms with Crippen molar-refractivity contribution in [3.63, 3.8) is 0 Å². The highest BCUT2D eigenvalue weighted by Gasteiger charge is 2.06. The minimum atomic E-state index is -0.556. The van der Waals surface area contributed by atoms with Gasteiger partial charge in [0.05, 0.1) is 19.3 Å². The molecule has 0 aromatic rings. The summed E-state index contributed by atoms with van der Waals surface area (Å²) in [4.78, 5) is 11.4. The van der Waals surface area contributed by atoms with Crippen molar-refractivity contribution in [3.05, 3.63) is 0 Å². The van der Waals surface area contributed by atoms with Gasteiger partial charge in [-0.15, -0.1) is 0 Å². The molecule has 5 nitrogen and oxygen atoms in total. The van der Waals surface area contributed by atoms with Crippen LogP contribution in [0.1, 0.15) is 46.5 Å².